The second-order valence-corrected chi connectivity index (χ2v) is 6.79. The van der Waals surface area contributed by atoms with Crippen molar-refractivity contribution in [2.24, 2.45) is 23.0 Å². The van der Waals surface area contributed by atoms with Gasteiger partial charge in [-0.2, -0.15) is 0 Å². The number of nitrogens with two attached hydrogens (primary N) is 1. The molecule has 3 N–H and O–H groups in total. The second-order valence-electron chi connectivity index (χ2n) is 6.79. The first-order valence-corrected chi connectivity index (χ1v) is 7.35. The van der Waals surface area contributed by atoms with E-state index < -0.39 is 0 Å². The van der Waals surface area contributed by atoms with Crippen molar-refractivity contribution in [2.45, 2.75) is 65.8 Å². The third-order valence-corrected chi connectivity index (χ3v) is 4.66. The minimum Gasteiger partial charge on any atom is -0.353 e. The molecule has 0 spiro atoms. The smallest absolute Gasteiger partial charge is 0.220 e. The number of hydrogen-bond donors (Lipinski definition) is 2. The van der Waals surface area contributed by atoms with Crippen LogP contribution in [0.15, 0.2) is 0 Å². The molecule has 3 unspecified atom stereocenters. The number of carbonyl (C=O) groups excluding carboxylic acids is 1. The fourth-order valence-corrected chi connectivity index (χ4v) is 2.82. The van der Waals surface area contributed by atoms with Gasteiger partial charge in [0.1, 0.15) is 0 Å². The molecule has 1 rings (SSSR count). The van der Waals surface area contributed by atoms with Gasteiger partial charge < -0.3 is 11.1 Å². The maximum atomic E-state index is 12.0. The first-order valence-electron chi connectivity index (χ1n) is 7.35. The van der Waals surface area contributed by atoms with Crippen LogP contribution in [0.1, 0.15) is 59.8 Å². The quantitative estimate of drug-likeness (QED) is 0.765. The topological polar surface area (TPSA) is 55.1 Å². The predicted octanol–water partition coefficient (Wildman–Crippen LogP) is 2.69. The summed E-state index contributed by atoms with van der Waals surface area (Å²) in [4.78, 5) is 12.0. The monoisotopic (exact) mass is 254 g/mol. The zero-order chi connectivity index (χ0) is 13.8. The van der Waals surface area contributed by atoms with Gasteiger partial charge in [-0.05, 0) is 49.5 Å². The lowest BCUT2D eigenvalue weighted by molar-refractivity contribution is -0.122. The number of carbonyl (C=O) groups is 1. The molecular weight excluding hydrogens is 224 g/mol. The van der Waals surface area contributed by atoms with E-state index in [1.165, 1.54) is 6.42 Å². The molecule has 0 aliphatic heterocycles. The third-order valence-electron chi connectivity index (χ3n) is 4.66. The summed E-state index contributed by atoms with van der Waals surface area (Å²) in [7, 11) is 0. The second kappa shape index (κ2) is 6.55. The average molecular weight is 254 g/mol. The molecule has 3 nitrogen and oxygen atoms in total. The van der Waals surface area contributed by atoms with Gasteiger partial charge in [-0.15, -0.1) is 0 Å². The van der Waals surface area contributed by atoms with Gasteiger partial charge in [0, 0.05) is 12.5 Å². The summed E-state index contributed by atoms with van der Waals surface area (Å²) in [6.07, 6.45) is 4.92. The normalized spacial score (nSPS) is 28.4. The Bertz CT molecular complexity index is 276. The molecule has 0 aromatic carbocycles. The highest BCUT2D eigenvalue weighted by Crippen LogP contribution is 2.31. The van der Waals surface area contributed by atoms with Crippen LogP contribution in [0, 0.1) is 17.3 Å². The Hall–Kier alpha value is -0.570. The Labute approximate surface area is 112 Å². The summed E-state index contributed by atoms with van der Waals surface area (Å²) < 4.78 is 0. The molecule has 1 aliphatic carbocycles. The van der Waals surface area contributed by atoms with Gasteiger partial charge in [0.15, 0.2) is 0 Å². The molecule has 1 fully saturated rings. The van der Waals surface area contributed by atoms with Crippen LogP contribution in [-0.2, 0) is 4.79 Å². The Kier molecular flexibility index (Phi) is 5.64. The van der Waals surface area contributed by atoms with E-state index in [4.69, 9.17) is 5.73 Å². The summed E-state index contributed by atoms with van der Waals surface area (Å²) in [5.41, 5.74) is 5.77. The minimum atomic E-state index is 0.181. The van der Waals surface area contributed by atoms with Gasteiger partial charge in [0.25, 0.3) is 0 Å². The van der Waals surface area contributed by atoms with Gasteiger partial charge >= 0.3 is 0 Å². The first kappa shape index (κ1) is 15.5. The van der Waals surface area contributed by atoms with Crippen molar-refractivity contribution in [2.75, 3.05) is 6.54 Å². The molecule has 0 saturated heterocycles. The molecule has 0 aromatic heterocycles. The molecular formula is C15H30N2O. The number of amides is 1. The van der Waals surface area contributed by atoms with E-state index in [2.05, 4.69) is 33.0 Å². The lowest BCUT2D eigenvalue weighted by atomic mass is 9.84. The van der Waals surface area contributed by atoms with Crippen LogP contribution < -0.4 is 11.1 Å². The maximum absolute atomic E-state index is 12.0. The van der Waals surface area contributed by atoms with Crippen molar-refractivity contribution in [1.29, 1.82) is 0 Å². The molecule has 0 radical (unpaired) electrons. The maximum Gasteiger partial charge on any atom is 0.220 e. The van der Waals surface area contributed by atoms with Gasteiger partial charge in [-0.25, -0.2) is 0 Å². The van der Waals surface area contributed by atoms with Crippen molar-refractivity contribution < 1.29 is 4.79 Å². The van der Waals surface area contributed by atoms with Crippen LogP contribution in [0.2, 0.25) is 0 Å². The fraction of sp³-hybridized carbons (Fsp3) is 0.933. The molecule has 0 bridgehead atoms. The Morgan fingerprint density at radius 1 is 1.28 bits per heavy atom. The van der Waals surface area contributed by atoms with Gasteiger partial charge in [-0.1, -0.05) is 27.7 Å². The first-order chi connectivity index (χ1) is 8.35. The van der Waals surface area contributed by atoms with E-state index >= 15 is 0 Å². The highest BCUT2D eigenvalue weighted by atomic mass is 16.1. The van der Waals surface area contributed by atoms with Crippen molar-refractivity contribution in [3.05, 3.63) is 0 Å². The summed E-state index contributed by atoms with van der Waals surface area (Å²) in [6.45, 7) is 9.61. The van der Waals surface area contributed by atoms with E-state index in [0.29, 0.717) is 24.9 Å². The zero-order valence-electron chi connectivity index (χ0n) is 12.5. The summed E-state index contributed by atoms with van der Waals surface area (Å²) in [6, 6.07) is 0.394. The third kappa shape index (κ3) is 4.60. The van der Waals surface area contributed by atoms with E-state index in [1.807, 2.05) is 0 Å². The number of rotatable bonds is 6. The lowest BCUT2D eigenvalue weighted by Gasteiger charge is -2.24. The van der Waals surface area contributed by atoms with Crippen LogP contribution in [0.25, 0.3) is 0 Å². The molecule has 0 heterocycles. The summed E-state index contributed by atoms with van der Waals surface area (Å²) in [5, 5.41) is 3.20. The van der Waals surface area contributed by atoms with E-state index in [1.54, 1.807) is 0 Å². The number of hydrogen-bond acceptors (Lipinski definition) is 2. The van der Waals surface area contributed by atoms with Crippen LogP contribution in [0.3, 0.4) is 0 Å². The standard InChI is InChI=1S/C15H30N2O/c1-11-5-6-13(12(11)2)17-14(18)7-8-15(3,4)9-10-16/h11-13H,5-10,16H2,1-4H3,(H,17,18). The molecule has 18 heavy (non-hydrogen) atoms. The highest BCUT2D eigenvalue weighted by Gasteiger charge is 2.30. The van der Waals surface area contributed by atoms with Gasteiger partial charge in [-0.3, -0.25) is 4.79 Å². The van der Waals surface area contributed by atoms with Crippen molar-refractivity contribution in [1.82, 2.24) is 5.32 Å². The van der Waals surface area contributed by atoms with Gasteiger partial charge in [0.2, 0.25) is 5.91 Å². The fourth-order valence-electron chi connectivity index (χ4n) is 2.82. The Balaban J connectivity index is 2.30. The van der Waals surface area contributed by atoms with Crippen molar-refractivity contribution in [3.63, 3.8) is 0 Å². The summed E-state index contributed by atoms with van der Waals surface area (Å²) >= 11 is 0. The van der Waals surface area contributed by atoms with E-state index in [0.717, 1.165) is 25.2 Å². The van der Waals surface area contributed by atoms with E-state index in [-0.39, 0.29) is 11.3 Å². The highest BCUT2D eigenvalue weighted by molar-refractivity contribution is 5.76. The van der Waals surface area contributed by atoms with Gasteiger partial charge in [0.05, 0.1) is 0 Å². The molecule has 1 amide bonds. The molecule has 0 aromatic rings. The van der Waals surface area contributed by atoms with E-state index in [9.17, 15) is 4.79 Å². The molecule has 1 saturated carbocycles. The number of nitrogens with one attached hydrogen (secondary N) is 1. The van der Waals surface area contributed by atoms with Crippen LogP contribution in [-0.4, -0.2) is 18.5 Å². The SMILES string of the molecule is CC1CCC(NC(=O)CCC(C)(C)CCN)C1C. The molecule has 3 atom stereocenters. The largest absolute Gasteiger partial charge is 0.353 e. The van der Waals surface area contributed by atoms with Crippen molar-refractivity contribution in [3.8, 4) is 0 Å². The Morgan fingerprint density at radius 3 is 2.44 bits per heavy atom. The zero-order valence-corrected chi connectivity index (χ0v) is 12.5. The molecule has 106 valence electrons. The van der Waals surface area contributed by atoms with Crippen LogP contribution >= 0.6 is 0 Å². The summed E-state index contributed by atoms with van der Waals surface area (Å²) in [5.74, 6) is 1.57. The average Bonchev–Trinajstić information content (AvgIpc) is 2.59. The minimum absolute atomic E-state index is 0.181. The van der Waals surface area contributed by atoms with Crippen LogP contribution in [0.5, 0.6) is 0 Å². The molecule has 1 aliphatic rings. The lowest BCUT2D eigenvalue weighted by Crippen LogP contribution is -2.37. The molecule has 3 heteroatoms. The Morgan fingerprint density at radius 2 is 1.94 bits per heavy atom. The predicted molar refractivity (Wildman–Crippen MR) is 76.2 cm³/mol. The van der Waals surface area contributed by atoms with Crippen LogP contribution in [0.4, 0.5) is 0 Å². The van der Waals surface area contributed by atoms with Crippen molar-refractivity contribution >= 4 is 5.91 Å².